The summed E-state index contributed by atoms with van der Waals surface area (Å²) in [6.07, 6.45) is 1.85. The van der Waals surface area contributed by atoms with Crippen LogP contribution >= 0.6 is 15.9 Å². The van der Waals surface area contributed by atoms with E-state index in [1.807, 2.05) is 17.7 Å². The van der Waals surface area contributed by atoms with Gasteiger partial charge in [-0.3, -0.25) is 4.57 Å². The van der Waals surface area contributed by atoms with Crippen LogP contribution in [-0.2, 0) is 6.54 Å². The summed E-state index contributed by atoms with van der Waals surface area (Å²) in [4.78, 5) is 4.18. The first-order valence-corrected chi connectivity index (χ1v) is 5.68. The SMILES string of the molecule is CCn1cc(Br)nc1Oc1cccc(O)c1. The summed E-state index contributed by atoms with van der Waals surface area (Å²) in [7, 11) is 0. The van der Waals surface area contributed by atoms with Gasteiger partial charge in [0, 0.05) is 18.8 Å². The second-order valence-electron chi connectivity index (χ2n) is 3.23. The molecule has 0 saturated carbocycles. The van der Waals surface area contributed by atoms with E-state index in [9.17, 15) is 5.11 Å². The highest BCUT2D eigenvalue weighted by molar-refractivity contribution is 9.10. The van der Waals surface area contributed by atoms with Crippen molar-refractivity contribution >= 4 is 15.9 Å². The van der Waals surface area contributed by atoms with Crippen LogP contribution in [-0.4, -0.2) is 14.7 Å². The number of ether oxygens (including phenoxy) is 1. The predicted molar refractivity (Wildman–Crippen MR) is 63.8 cm³/mol. The Labute approximate surface area is 102 Å². The lowest BCUT2D eigenvalue weighted by Gasteiger charge is -2.06. The molecule has 0 bridgehead atoms. The standard InChI is InChI=1S/C11H11BrN2O2/c1-2-14-7-10(12)13-11(14)16-9-5-3-4-8(15)6-9/h3-7,15H,2H2,1H3. The minimum atomic E-state index is 0.172. The molecule has 0 spiro atoms. The Bertz CT molecular complexity index is 496. The fourth-order valence-corrected chi connectivity index (χ4v) is 1.73. The quantitative estimate of drug-likeness (QED) is 0.941. The van der Waals surface area contributed by atoms with Crippen molar-refractivity contribution in [3.8, 4) is 17.5 Å². The lowest BCUT2D eigenvalue weighted by Crippen LogP contribution is -1.96. The van der Waals surface area contributed by atoms with Crippen molar-refractivity contribution in [2.45, 2.75) is 13.5 Å². The zero-order chi connectivity index (χ0) is 11.5. The van der Waals surface area contributed by atoms with Gasteiger partial charge in [-0.05, 0) is 35.0 Å². The smallest absolute Gasteiger partial charge is 0.302 e. The van der Waals surface area contributed by atoms with E-state index in [1.165, 1.54) is 0 Å². The summed E-state index contributed by atoms with van der Waals surface area (Å²) in [5.74, 6) is 0.735. The van der Waals surface area contributed by atoms with E-state index in [0.717, 1.165) is 11.1 Å². The zero-order valence-electron chi connectivity index (χ0n) is 8.72. The number of phenolic OH excluding ortho intramolecular Hbond substituents is 1. The molecule has 84 valence electrons. The number of rotatable bonds is 3. The van der Waals surface area contributed by atoms with Gasteiger partial charge in [0.2, 0.25) is 0 Å². The Morgan fingerprint density at radius 1 is 1.50 bits per heavy atom. The molecule has 1 aromatic carbocycles. The van der Waals surface area contributed by atoms with Crippen molar-refractivity contribution < 1.29 is 9.84 Å². The Morgan fingerprint density at radius 2 is 2.31 bits per heavy atom. The normalized spacial score (nSPS) is 10.4. The molecule has 0 atom stereocenters. The fourth-order valence-electron chi connectivity index (χ4n) is 1.33. The van der Waals surface area contributed by atoms with E-state index in [4.69, 9.17) is 4.74 Å². The molecular weight excluding hydrogens is 272 g/mol. The average Bonchev–Trinajstić information content (AvgIpc) is 2.59. The molecule has 0 fully saturated rings. The van der Waals surface area contributed by atoms with E-state index in [0.29, 0.717) is 11.8 Å². The number of benzene rings is 1. The van der Waals surface area contributed by atoms with Crippen LogP contribution in [0.15, 0.2) is 35.1 Å². The molecule has 0 radical (unpaired) electrons. The molecule has 0 aliphatic heterocycles. The third-order valence-electron chi connectivity index (χ3n) is 2.08. The highest BCUT2D eigenvalue weighted by atomic mass is 79.9. The zero-order valence-corrected chi connectivity index (χ0v) is 10.3. The molecule has 0 aliphatic rings. The summed E-state index contributed by atoms with van der Waals surface area (Å²) in [5, 5.41) is 9.31. The number of hydrogen-bond donors (Lipinski definition) is 1. The lowest BCUT2D eigenvalue weighted by molar-refractivity contribution is 0.409. The summed E-state index contributed by atoms with van der Waals surface area (Å²) in [6, 6.07) is 7.12. The summed E-state index contributed by atoms with van der Waals surface area (Å²) < 4.78 is 8.16. The van der Waals surface area contributed by atoms with Crippen LogP contribution < -0.4 is 4.74 Å². The number of nitrogens with zero attached hydrogens (tertiary/aromatic N) is 2. The number of halogens is 1. The van der Waals surface area contributed by atoms with Gasteiger partial charge in [0.25, 0.3) is 0 Å². The summed E-state index contributed by atoms with van der Waals surface area (Å²) in [6.45, 7) is 2.77. The third kappa shape index (κ3) is 2.36. The van der Waals surface area contributed by atoms with Crippen LogP contribution in [0.4, 0.5) is 0 Å². The van der Waals surface area contributed by atoms with E-state index < -0.39 is 0 Å². The van der Waals surface area contributed by atoms with Crippen molar-refractivity contribution in [2.24, 2.45) is 0 Å². The van der Waals surface area contributed by atoms with E-state index in [2.05, 4.69) is 20.9 Å². The maximum Gasteiger partial charge on any atom is 0.302 e. The molecule has 1 aromatic heterocycles. The number of aryl methyl sites for hydroxylation is 1. The van der Waals surface area contributed by atoms with Gasteiger partial charge in [0.1, 0.15) is 16.1 Å². The molecule has 0 unspecified atom stereocenters. The van der Waals surface area contributed by atoms with Crippen molar-refractivity contribution in [3.05, 3.63) is 35.1 Å². The maximum absolute atomic E-state index is 9.31. The van der Waals surface area contributed by atoms with Crippen LogP contribution in [0.2, 0.25) is 0 Å². The summed E-state index contributed by atoms with van der Waals surface area (Å²) >= 11 is 3.29. The monoisotopic (exact) mass is 282 g/mol. The molecule has 0 aliphatic carbocycles. The lowest BCUT2D eigenvalue weighted by atomic mass is 10.3. The van der Waals surface area contributed by atoms with Gasteiger partial charge in [-0.2, -0.15) is 4.98 Å². The van der Waals surface area contributed by atoms with Crippen LogP contribution in [0.25, 0.3) is 0 Å². The Morgan fingerprint density at radius 3 is 3.00 bits per heavy atom. The van der Waals surface area contributed by atoms with E-state index in [1.54, 1.807) is 24.3 Å². The minimum Gasteiger partial charge on any atom is -0.508 e. The first kappa shape index (κ1) is 11.0. The van der Waals surface area contributed by atoms with Crippen LogP contribution in [0, 0.1) is 0 Å². The molecule has 0 saturated heterocycles. The number of aromatic hydroxyl groups is 1. The summed E-state index contributed by atoms with van der Waals surface area (Å²) in [5.41, 5.74) is 0. The van der Waals surface area contributed by atoms with Crippen molar-refractivity contribution in [2.75, 3.05) is 0 Å². The van der Waals surface area contributed by atoms with Crippen LogP contribution in [0.3, 0.4) is 0 Å². The second kappa shape index (κ2) is 4.57. The highest BCUT2D eigenvalue weighted by Crippen LogP contribution is 2.25. The number of imidazole rings is 1. The third-order valence-corrected chi connectivity index (χ3v) is 2.46. The number of phenols is 1. The Balaban J connectivity index is 2.26. The van der Waals surface area contributed by atoms with Gasteiger partial charge in [-0.1, -0.05) is 6.07 Å². The molecule has 5 heteroatoms. The largest absolute Gasteiger partial charge is 0.508 e. The molecule has 2 rings (SSSR count). The first-order valence-electron chi connectivity index (χ1n) is 4.88. The van der Waals surface area contributed by atoms with Gasteiger partial charge >= 0.3 is 6.01 Å². The van der Waals surface area contributed by atoms with Crippen LogP contribution in [0.5, 0.6) is 17.5 Å². The Hall–Kier alpha value is -1.49. The second-order valence-corrected chi connectivity index (χ2v) is 4.04. The average molecular weight is 283 g/mol. The van der Waals surface area contributed by atoms with Gasteiger partial charge in [-0.25, -0.2) is 0 Å². The van der Waals surface area contributed by atoms with Gasteiger partial charge < -0.3 is 9.84 Å². The van der Waals surface area contributed by atoms with Crippen molar-refractivity contribution in [1.29, 1.82) is 0 Å². The highest BCUT2D eigenvalue weighted by Gasteiger charge is 2.07. The molecule has 1 N–H and O–H groups in total. The fraction of sp³-hybridized carbons (Fsp3) is 0.182. The van der Waals surface area contributed by atoms with E-state index in [-0.39, 0.29) is 5.75 Å². The first-order chi connectivity index (χ1) is 7.69. The maximum atomic E-state index is 9.31. The van der Waals surface area contributed by atoms with Gasteiger partial charge in [0.05, 0.1) is 0 Å². The van der Waals surface area contributed by atoms with Crippen LogP contribution in [0.1, 0.15) is 6.92 Å². The predicted octanol–water partition coefficient (Wildman–Crippen LogP) is 3.16. The van der Waals surface area contributed by atoms with Crippen molar-refractivity contribution in [1.82, 2.24) is 9.55 Å². The van der Waals surface area contributed by atoms with Gasteiger partial charge in [0.15, 0.2) is 0 Å². The Kier molecular flexibility index (Phi) is 3.14. The minimum absolute atomic E-state index is 0.172. The molecular formula is C11H11BrN2O2. The van der Waals surface area contributed by atoms with Gasteiger partial charge in [-0.15, -0.1) is 0 Å². The van der Waals surface area contributed by atoms with Crippen molar-refractivity contribution in [3.63, 3.8) is 0 Å². The molecule has 0 amide bonds. The van der Waals surface area contributed by atoms with E-state index >= 15 is 0 Å². The molecule has 2 aromatic rings. The molecule has 1 heterocycles. The molecule has 16 heavy (non-hydrogen) atoms. The topological polar surface area (TPSA) is 47.3 Å². The number of aromatic nitrogens is 2. The molecule has 4 nitrogen and oxygen atoms in total. The number of hydrogen-bond acceptors (Lipinski definition) is 3.